The highest BCUT2D eigenvalue weighted by atomic mass is 35.5. The van der Waals surface area contributed by atoms with Crippen molar-refractivity contribution in [1.82, 2.24) is 4.90 Å². The Morgan fingerprint density at radius 1 is 0.942 bits per heavy atom. The van der Waals surface area contributed by atoms with Crippen LogP contribution in [-0.2, 0) is 34.3 Å². The van der Waals surface area contributed by atoms with Gasteiger partial charge < -0.3 is 23.4 Å². The van der Waals surface area contributed by atoms with Crippen LogP contribution in [0.5, 0.6) is 0 Å². The lowest BCUT2D eigenvalue weighted by Crippen LogP contribution is -2.35. The van der Waals surface area contributed by atoms with Gasteiger partial charge in [0.2, 0.25) is 5.76 Å². The Labute approximate surface area is 309 Å². The van der Waals surface area contributed by atoms with Crippen molar-refractivity contribution >= 4 is 55.8 Å². The number of anilines is 2. The second-order valence-corrected chi connectivity index (χ2v) is 15.0. The highest BCUT2D eigenvalue weighted by Crippen LogP contribution is 2.38. The third-order valence-electron chi connectivity index (χ3n) is 9.56. The van der Waals surface area contributed by atoms with Crippen LogP contribution in [0.4, 0.5) is 11.4 Å². The molecule has 3 heterocycles. The van der Waals surface area contributed by atoms with Crippen LogP contribution in [0.15, 0.2) is 86.7 Å². The number of piperidine rings is 1. The van der Waals surface area contributed by atoms with Crippen molar-refractivity contribution in [3.05, 3.63) is 112 Å². The molecule has 10 nitrogen and oxygen atoms in total. The first-order valence-electron chi connectivity index (χ1n) is 17.8. The van der Waals surface area contributed by atoms with E-state index < -0.39 is 16.0 Å². The van der Waals surface area contributed by atoms with Gasteiger partial charge >= 0.3 is 5.97 Å². The van der Waals surface area contributed by atoms with Gasteiger partial charge in [0.25, 0.3) is 15.9 Å². The second-order valence-electron chi connectivity index (χ2n) is 12.8. The van der Waals surface area contributed by atoms with E-state index in [9.17, 15) is 18.0 Å². The highest BCUT2D eigenvalue weighted by Gasteiger charge is 2.32. The van der Waals surface area contributed by atoms with Crippen LogP contribution in [0.2, 0.25) is 5.02 Å². The maximum Gasteiger partial charge on any atom is 0.374 e. The van der Waals surface area contributed by atoms with Gasteiger partial charge in [0.05, 0.1) is 40.6 Å². The minimum Gasteiger partial charge on any atom is -0.467 e. The van der Waals surface area contributed by atoms with E-state index in [2.05, 4.69) is 4.90 Å². The minimum atomic E-state index is -4.18. The molecule has 0 radical (unpaired) electrons. The second kappa shape index (κ2) is 15.9. The van der Waals surface area contributed by atoms with E-state index in [1.54, 1.807) is 80.5 Å². The molecule has 1 saturated heterocycles. The number of halogens is 1. The fourth-order valence-corrected chi connectivity index (χ4v) is 9.10. The zero-order valence-electron chi connectivity index (χ0n) is 30.0. The van der Waals surface area contributed by atoms with Crippen molar-refractivity contribution < 1.29 is 31.6 Å². The average Bonchev–Trinajstić information content (AvgIpc) is 3.79. The van der Waals surface area contributed by atoms with E-state index in [4.69, 9.17) is 25.2 Å². The summed E-state index contributed by atoms with van der Waals surface area (Å²) in [5.74, 6) is -0.271. The summed E-state index contributed by atoms with van der Waals surface area (Å²) in [6, 6.07) is 19.4. The number of carbonyl (C=O) groups excluding carboxylic acids is 2. The van der Waals surface area contributed by atoms with Crippen molar-refractivity contribution in [2.45, 2.75) is 71.4 Å². The Morgan fingerprint density at radius 3 is 2.38 bits per heavy atom. The Kier molecular flexibility index (Phi) is 11.3. The van der Waals surface area contributed by atoms with Gasteiger partial charge in [0.15, 0.2) is 0 Å². The van der Waals surface area contributed by atoms with Crippen LogP contribution in [0.25, 0.3) is 11.0 Å². The molecule has 0 aliphatic carbocycles. The predicted octanol–water partition coefficient (Wildman–Crippen LogP) is 8.77. The molecule has 2 aromatic heterocycles. The summed E-state index contributed by atoms with van der Waals surface area (Å²) in [6.07, 6.45) is 5.22. The number of nitrogens with zero attached hydrogens (tertiary/aromatic N) is 3. The standard InChI is InChI=1S/C40H44ClN3O7S/c1-5-31-36(20-19-35-37(31)27(4)38(51-35)40(46)49-7-3)52(47,48)44(6-2)34-18-17-29(42-21-11-8-12-22-42)24-28(34)25-43(26-30-14-13-23-50-30)39(45)32-15-9-10-16-33(32)41/h9-10,13-20,23-24H,5-8,11-12,21-22,25-26H2,1-4H3. The fourth-order valence-electron chi connectivity index (χ4n) is 7.07. The van der Waals surface area contributed by atoms with Crippen LogP contribution in [0, 0.1) is 6.92 Å². The van der Waals surface area contributed by atoms with Crippen LogP contribution in [0.3, 0.4) is 0 Å². The third-order valence-corrected chi connectivity index (χ3v) is 11.9. The lowest BCUT2D eigenvalue weighted by atomic mass is 10.0. The Hall–Kier alpha value is -4.74. The molecule has 1 aliphatic rings. The van der Waals surface area contributed by atoms with E-state index in [1.165, 1.54) is 4.31 Å². The fraction of sp³-hybridized carbons (Fsp3) is 0.350. The van der Waals surface area contributed by atoms with Crippen molar-refractivity contribution in [3.63, 3.8) is 0 Å². The van der Waals surface area contributed by atoms with E-state index in [0.717, 1.165) is 38.0 Å². The Bertz CT molecular complexity index is 2170. The van der Waals surface area contributed by atoms with Gasteiger partial charge in [-0.2, -0.15) is 0 Å². The van der Waals surface area contributed by atoms with E-state index in [-0.39, 0.29) is 42.8 Å². The maximum absolute atomic E-state index is 14.9. The summed E-state index contributed by atoms with van der Waals surface area (Å²) in [6.45, 7) is 9.44. The number of hydrogen-bond acceptors (Lipinski definition) is 8. The SMILES string of the molecule is CCOC(=O)c1oc2ccc(S(=O)(=O)N(CC)c3ccc(N4CCCCC4)cc3CN(Cc3ccco3)C(=O)c3ccccc3Cl)c(CC)c2c1C. The molecule has 52 heavy (non-hydrogen) atoms. The number of furan rings is 2. The molecule has 0 spiro atoms. The number of benzene rings is 3. The zero-order chi connectivity index (χ0) is 37.0. The molecule has 274 valence electrons. The first-order chi connectivity index (χ1) is 25.1. The topological polar surface area (TPSA) is 114 Å². The van der Waals surface area contributed by atoms with Crippen LogP contribution in [0.1, 0.15) is 83.4 Å². The van der Waals surface area contributed by atoms with Crippen LogP contribution < -0.4 is 9.21 Å². The molecule has 12 heteroatoms. The molecule has 0 unspecified atom stereocenters. The van der Waals surface area contributed by atoms with Crippen molar-refractivity contribution in [3.8, 4) is 0 Å². The van der Waals surface area contributed by atoms with Gasteiger partial charge in [0.1, 0.15) is 11.3 Å². The van der Waals surface area contributed by atoms with Gasteiger partial charge in [-0.15, -0.1) is 0 Å². The number of esters is 1. The monoisotopic (exact) mass is 745 g/mol. The molecule has 0 bridgehead atoms. The van der Waals surface area contributed by atoms with Crippen LogP contribution in [-0.4, -0.2) is 51.4 Å². The minimum absolute atomic E-state index is 0.0591. The Balaban J connectivity index is 1.48. The molecule has 3 aromatic carbocycles. The number of ether oxygens (including phenoxy) is 1. The van der Waals surface area contributed by atoms with Crippen molar-refractivity contribution in [2.75, 3.05) is 35.4 Å². The summed E-state index contributed by atoms with van der Waals surface area (Å²) >= 11 is 6.52. The number of rotatable bonds is 13. The van der Waals surface area contributed by atoms with E-state index >= 15 is 0 Å². The third kappa shape index (κ3) is 7.29. The highest BCUT2D eigenvalue weighted by molar-refractivity contribution is 7.93. The van der Waals surface area contributed by atoms with E-state index in [0.29, 0.717) is 56.1 Å². The van der Waals surface area contributed by atoms with Crippen LogP contribution >= 0.6 is 11.6 Å². The number of fused-ring (bicyclic) bond motifs is 1. The molecule has 5 aromatic rings. The smallest absolute Gasteiger partial charge is 0.374 e. The largest absolute Gasteiger partial charge is 0.467 e. The zero-order valence-corrected chi connectivity index (χ0v) is 31.6. The number of carbonyl (C=O) groups is 2. The number of amides is 1. The van der Waals surface area contributed by atoms with Gasteiger partial charge in [0, 0.05) is 42.8 Å². The molecular formula is C40H44ClN3O7S. The lowest BCUT2D eigenvalue weighted by molar-refractivity contribution is 0.0491. The molecule has 1 aliphatic heterocycles. The van der Waals surface area contributed by atoms with Gasteiger partial charge in [-0.3, -0.25) is 9.10 Å². The predicted molar refractivity (Wildman–Crippen MR) is 203 cm³/mol. The number of sulfonamides is 1. The van der Waals surface area contributed by atoms with Crippen molar-refractivity contribution in [1.29, 1.82) is 0 Å². The lowest BCUT2D eigenvalue weighted by Gasteiger charge is -2.32. The molecule has 6 rings (SSSR count). The summed E-state index contributed by atoms with van der Waals surface area (Å²) in [5.41, 5.74) is 3.91. The number of aryl methyl sites for hydroxylation is 2. The van der Waals surface area contributed by atoms with E-state index in [1.807, 2.05) is 25.1 Å². The first kappa shape index (κ1) is 37.0. The molecule has 1 fully saturated rings. The maximum atomic E-state index is 14.9. The molecule has 0 N–H and O–H groups in total. The van der Waals surface area contributed by atoms with Crippen molar-refractivity contribution in [2.24, 2.45) is 0 Å². The number of hydrogen-bond donors (Lipinski definition) is 0. The summed E-state index contributed by atoms with van der Waals surface area (Å²) in [5, 5.41) is 0.901. The summed E-state index contributed by atoms with van der Waals surface area (Å²) in [4.78, 5) is 31.0. The summed E-state index contributed by atoms with van der Waals surface area (Å²) in [7, 11) is -4.18. The average molecular weight is 746 g/mol. The normalized spacial score (nSPS) is 13.4. The molecular weight excluding hydrogens is 702 g/mol. The van der Waals surface area contributed by atoms with Gasteiger partial charge in [-0.25, -0.2) is 13.2 Å². The molecule has 1 amide bonds. The van der Waals surface area contributed by atoms with Gasteiger partial charge in [-0.05, 0) is 112 Å². The molecule has 0 atom stereocenters. The first-order valence-corrected chi connectivity index (χ1v) is 19.6. The van der Waals surface area contributed by atoms with Gasteiger partial charge in [-0.1, -0.05) is 30.7 Å². The Morgan fingerprint density at radius 2 is 1.71 bits per heavy atom. The molecule has 0 saturated carbocycles. The summed E-state index contributed by atoms with van der Waals surface area (Å²) < 4.78 is 48.0. The quantitative estimate of drug-likeness (QED) is 0.110.